The summed E-state index contributed by atoms with van der Waals surface area (Å²) in [6.45, 7) is 5.99. The average Bonchev–Trinajstić information content (AvgIpc) is 3.03. The third-order valence-electron chi connectivity index (χ3n) is 3.02. The minimum absolute atomic E-state index is 0.113. The van der Waals surface area contributed by atoms with Crippen LogP contribution in [0, 0.1) is 5.92 Å². The van der Waals surface area contributed by atoms with Crippen molar-refractivity contribution in [2.24, 2.45) is 5.92 Å². The molecular weight excluding hydrogens is 349 g/mol. The summed E-state index contributed by atoms with van der Waals surface area (Å²) in [5, 5.41) is 2.95. The van der Waals surface area contributed by atoms with Gasteiger partial charge in [-0.2, -0.15) is 0 Å². The van der Waals surface area contributed by atoms with Crippen molar-refractivity contribution in [3.05, 3.63) is 35.4 Å². The van der Waals surface area contributed by atoms with Crippen LogP contribution in [0.4, 0.5) is 10.5 Å². The minimum atomic E-state index is -0.680. The van der Waals surface area contributed by atoms with Crippen LogP contribution in [0.25, 0.3) is 0 Å². The van der Waals surface area contributed by atoms with Crippen LogP contribution in [0.3, 0.4) is 0 Å². The highest BCUT2D eigenvalue weighted by Crippen LogP contribution is 2.53. The molecule has 1 unspecified atom stereocenters. The molecule has 7 heteroatoms. The number of ether oxygens (including phenoxy) is 2. The number of benzene rings is 1. The molecular formula is C15H16Cl3NO3. The zero-order valence-corrected chi connectivity index (χ0v) is 14.3. The monoisotopic (exact) mass is 363 g/mol. The molecule has 1 aromatic rings. The van der Waals surface area contributed by atoms with E-state index in [4.69, 9.17) is 44.3 Å². The van der Waals surface area contributed by atoms with E-state index >= 15 is 0 Å². The van der Waals surface area contributed by atoms with Gasteiger partial charge in [-0.05, 0) is 37.1 Å². The van der Waals surface area contributed by atoms with Crippen molar-refractivity contribution < 1.29 is 14.3 Å². The second-order valence-corrected chi connectivity index (χ2v) is 7.23. The van der Waals surface area contributed by atoms with Gasteiger partial charge in [0.2, 0.25) is 0 Å². The van der Waals surface area contributed by atoms with Crippen LogP contribution < -0.4 is 10.1 Å². The maximum Gasteiger partial charge on any atom is 0.411 e. The highest BCUT2D eigenvalue weighted by atomic mass is 35.5. The Kier molecular flexibility index (Phi) is 5.48. The molecule has 1 fully saturated rings. The first-order valence-electron chi connectivity index (χ1n) is 6.66. The van der Waals surface area contributed by atoms with E-state index in [9.17, 15) is 4.79 Å². The SMILES string of the molecule is C=C(C)COC(=O)Nc1ccc(OCC2CC2(Cl)Cl)c(Cl)c1. The Morgan fingerprint density at radius 2 is 2.18 bits per heavy atom. The van der Waals surface area contributed by atoms with Crippen molar-refractivity contribution in [3.63, 3.8) is 0 Å². The summed E-state index contributed by atoms with van der Waals surface area (Å²) in [6, 6.07) is 4.93. The molecule has 0 heterocycles. The fourth-order valence-corrected chi connectivity index (χ4v) is 2.41. The molecule has 1 atom stereocenters. The van der Waals surface area contributed by atoms with E-state index in [1.165, 1.54) is 0 Å². The summed E-state index contributed by atoms with van der Waals surface area (Å²) in [6.07, 6.45) is 0.141. The summed E-state index contributed by atoms with van der Waals surface area (Å²) >= 11 is 18.0. The molecule has 0 bridgehead atoms. The fraction of sp³-hybridized carbons (Fsp3) is 0.400. The van der Waals surface area contributed by atoms with E-state index in [0.29, 0.717) is 29.5 Å². The Bertz CT molecular complexity index is 589. The molecule has 1 N–H and O–H groups in total. The van der Waals surface area contributed by atoms with E-state index in [1.54, 1.807) is 25.1 Å². The summed E-state index contributed by atoms with van der Waals surface area (Å²) in [5.41, 5.74) is 1.27. The Morgan fingerprint density at radius 3 is 2.73 bits per heavy atom. The van der Waals surface area contributed by atoms with Gasteiger partial charge in [-0.1, -0.05) is 18.2 Å². The van der Waals surface area contributed by atoms with Crippen molar-refractivity contribution in [2.45, 2.75) is 17.7 Å². The lowest BCUT2D eigenvalue weighted by Crippen LogP contribution is -2.14. The lowest BCUT2D eigenvalue weighted by atomic mass is 10.3. The predicted molar refractivity (Wildman–Crippen MR) is 89.3 cm³/mol. The highest BCUT2D eigenvalue weighted by molar-refractivity contribution is 6.50. The van der Waals surface area contributed by atoms with Crippen LogP contribution in [-0.2, 0) is 4.74 Å². The molecule has 0 radical (unpaired) electrons. The average molecular weight is 365 g/mol. The number of rotatable bonds is 6. The number of alkyl halides is 2. The normalized spacial score (nSPS) is 18.5. The zero-order valence-electron chi connectivity index (χ0n) is 12.0. The van der Waals surface area contributed by atoms with E-state index in [-0.39, 0.29) is 12.5 Å². The maximum absolute atomic E-state index is 11.5. The summed E-state index contributed by atoms with van der Waals surface area (Å²) in [4.78, 5) is 11.5. The predicted octanol–water partition coefficient (Wildman–Crippen LogP) is 5.04. The summed E-state index contributed by atoms with van der Waals surface area (Å²) in [7, 11) is 0. The number of amides is 1. The second-order valence-electron chi connectivity index (χ2n) is 5.28. The van der Waals surface area contributed by atoms with Gasteiger partial charge in [0.25, 0.3) is 0 Å². The molecule has 0 aromatic heterocycles. The molecule has 1 aromatic carbocycles. The number of halogens is 3. The third kappa shape index (κ3) is 4.97. The van der Waals surface area contributed by atoms with Crippen molar-refractivity contribution in [1.29, 1.82) is 0 Å². The Morgan fingerprint density at radius 1 is 1.50 bits per heavy atom. The van der Waals surface area contributed by atoms with Crippen molar-refractivity contribution in [1.82, 2.24) is 0 Å². The molecule has 1 saturated carbocycles. The smallest absolute Gasteiger partial charge is 0.411 e. The molecule has 120 valence electrons. The fourth-order valence-electron chi connectivity index (χ4n) is 1.68. The van der Waals surface area contributed by atoms with Crippen LogP contribution in [0.2, 0.25) is 5.02 Å². The highest BCUT2D eigenvalue weighted by Gasteiger charge is 2.52. The largest absolute Gasteiger partial charge is 0.492 e. The van der Waals surface area contributed by atoms with Crippen LogP contribution in [0.15, 0.2) is 30.4 Å². The van der Waals surface area contributed by atoms with Crippen molar-refractivity contribution in [2.75, 3.05) is 18.5 Å². The van der Waals surface area contributed by atoms with Gasteiger partial charge in [0.15, 0.2) is 0 Å². The lowest BCUT2D eigenvalue weighted by molar-refractivity contribution is 0.171. The molecule has 4 nitrogen and oxygen atoms in total. The van der Waals surface area contributed by atoms with Crippen LogP contribution in [0.5, 0.6) is 5.75 Å². The number of hydrogen-bond acceptors (Lipinski definition) is 3. The molecule has 1 aliphatic rings. The van der Waals surface area contributed by atoms with E-state index in [1.807, 2.05) is 0 Å². The molecule has 2 rings (SSSR count). The topological polar surface area (TPSA) is 47.6 Å². The first-order chi connectivity index (χ1) is 10.3. The van der Waals surface area contributed by atoms with Gasteiger partial charge in [-0.25, -0.2) is 4.79 Å². The molecule has 0 saturated heterocycles. The van der Waals surface area contributed by atoms with Gasteiger partial charge in [0, 0.05) is 11.6 Å². The Balaban J connectivity index is 1.86. The molecule has 1 aliphatic carbocycles. The van der Waals surface area contributed by atoms with E-state index in [0.717, 1.165) is 5.57 Å². The standard InChI is InChI=1S/C15H16Cl3NO3/c1-9(2)7-22-14(20)19-11-3-4-13(12(16)5-11)21-8-10-6-15(10,17)18/h3-5,10H,1,6-8H2,2H3,(H,19,20). The van der Waals surface area contributed by atoms with Gasteiger partial charge >= 0.3 is 6.09 Å². The summed E-state index contributed by atoms with van der Waals surface area (Å²) in [5.74, 6) is 0.625. The van der Waals surface area contributed by atoms with E-state index in [2.05, 4.69) is 11.9 Å². The molecule has 1 amide bonds. The van der Waals surface area contributed by atoms with Gasteiger partial charge < -0.3 is 9.47 Å². The number of anilines is 1. The number of nitrogens with one attached hydrogen (secondary N) is 1. The molecule has 22 heavy (non-hydrogen) atoms. The first kappa shape index (κ1) is 17.3. The third-order valence-corrected chi connectivity index (χ3v) is 4.24. The van der Waals surface area contributed by atoms with Gasteiger partial charge in [0.05, 0.1) is 11.6 Å². The number of hydrogen-bond donors (Lipinski definition) is 1. The van der Waals surface area contributed by atoms with E-state index < -0.39 is 10.4 Å². The summed E-state index contributed by atoms with van der Waals surface area (Å²) < 4.78 is 9.83. The molecule has 0 spiro atoms. The zero-order chi connectivity index (χ0) is 16.3. The Hall–Kier alpha value is -1.10. The first-order valence-corrected chi connectivity index (χ1v) is 7.79. The minimum Gasteiger partial charge on any atom is -0.492 e. The van der Waals surface area contributed by atoms with Crippen molar-refractivity contribution >= 4 is 46.6 Å². The maximum atomic E-state index is 11.5. The number of carbonyl (C=O) groups is 1. The van der Waals surface area contributed by atoms with Crippen LogP contribution in [-0.4, -0.2) is 23.6 Å². The van der Waals surface area contributed by atoms with Gasteiger partial charge in [-0.3, -0.25) is 5.32 Å². The lowest BCUT2D eigenvalue weighted by Gasteiger charge is -2.11. The van der Waals surface area contributed by atoms with Crippen LogP contribution in [0.1, 0.15) is 13.3 Å². The Labute approximate surface area is 144 Å². The molecule has 0 aliphatic heterocycles. The van der Waals surface area contributed by atoms with Crippen molar-refractivity contribution in [3.8, 4) is 5.75 Å². The van der Waals surface area contributed by atoms with Gasteiger partial charge in [-0.15, -0.1) is 23.2 Å². The second kappa shape index (κ2) is 6.99. The van der Waals surface area contributed by atoms with Crippen LogP contribution >= 0.6 is 34.8 Å². The van der Waals surface area contributed by atoms with Gasteiger partial charge in [0.1, 0.15) is 16.7 Å². The number of carbonyl (C=O) groups excluding carboxylic acids is 1. The quantitative estimate of drug-likeness (QED) is 0.568.